The van der Waals surface area contributed by atoms with Crippen molar-refractivity contribution in [2.75, 3.05) is 38.3 Å². The topological polar surface area (TPSA) is 59.5 Å². The number of anilines is 1. The molecule has 26 heavy (non-hydrogen) atoms. The molecule has 1 unspecified atom stereocenters. The Labute approximate surface area is 154 Å². The van der Waals surface area contributed by atoms with E-state index in [0.717, 1.165) is 48.9 Å². The number of rotatable bonds is 4. The molecule has 0 radical (unpaired) electrons. The minimum absolute atomic E-state index is 0.168. The minimum Gasteiger partial charge on any atom is -0.486 e. The van der Waals surface area contributed by atoms with Gasteiger partial charge in [-0.1, -0.05) is 6.07 Å². The summed E-state index contributed by atoms with van der Waals surface area (Å²) in [6.45, 7) is 5.52. The number of ether oxygens (including phenoxy) is 2. The fraction of sp³-hybridized carbons (Fsp3) is 0.500. The van der Waals surface area contributed by atoms with E-state index in [9.17, 15) is 0 Å². The van der Waals surface area contributed by atoms with E-state index in [1.807, 2.05) is 6.07 Å². The van der Waals surface area contributed by atoms with Gasteiger partial charge >= 0.3 is 0 Å². The second-order valence-electron chi connectivity index (χ2n) is 7.02. The second kappa shape index (κ2) is 7.50. The van der Waals surface area contributed by atoms with Crippen LogP contribution in [0.15, 0.2) is 30.6 Å². The van der Waals surface area contributed by atoms with Crippen LogP contribution in [0.3, 0.4) is 0 Å². The highest BCUT2D eigenvalue weighted by molar-refractivity contribution is 5.48. The van der Waals surface area contributed by atoms with Crippen molar-refractivity contribution in [1.29, 1.82) is 0 Å². The van der Waals surface area contributed by atoms with Gasteiger partial charge in [0.05, 0.1) is 6.04 Å². The highest BCUT2D eigenvalue weighted by Crippen LogP contribution is 2.35. The highest BCUT2D eigenvalue weighted by atomic mass is 16.6. The van der Waals surface area contributed by atoms with Crippen LogP contribution in [0.5, 0.6) is 11.5 Å². The minimum atomic E-state index is 0.168. The number of aromatic nitrogens is 2. The zero-order chi connectivity index (χ0) is 17.9. The third-order valence-electron chi connectivity index (χ3n) is 5.42. The number of piperidine rings is 1. The van der Waals surface area contributed by atoms with Crippen molar-refractivity contribution in [3.05, 3.63) is 41.9 Å². The Bertz CT molecular complexity index is 761. The fourth-order valence-corrected chi connectivity index (χ4v) is 3.64. The monoisotopic (exact) mass is 354 g/mol. The first-order chi connectivity index (χ1) is 12.7. The number of benzene rings is 1. The van der Waals surface area contributed by atoms with Crippen LogP contribution in [0.1, 0.15) is 43.0 Å². The summed E-state index contributed by atoms with van der Waals surface area (Å²) in [5, 5.41) is 3.41. The van der Waals surface area contributed by atoms with Gasteiger partial charge in [-0.05, 0) is 50.6 Å². The average molecular weight is 354 g/mol. The third-order valence-corrected chi connectivity index (χ3v) is 5.42. The van der Waals surface area contributed by atoms with Crippen molar-refractivity contribution in [2.45, 2.75) is 31.7 Å². The normalized spacial score (nSPS) is 18.4. The summed E-state index contributed by atoms with van der Waals surface area (Å²) in [5.74, 6) is 3.13. The van der Waals surface area contributed by atoms with Gasteiger partial charge in [-0.25, -0.2) is 9.97 Å². The molecule has 0 spiro atoms. The quantitative estimate of drug-likeness (QED) is 0.911. The first-order valence-corrected chi connectivity index (χ1v) is 9.37. The summed E-state index contributed by atoms with van der Waals surface area (Å²) >= 11 is 0. The summed E-state index contributed by atoms with van der Waals surface area (Å²) in [5.41, 5.74) is 2.33. The molecule has 2 aliphatic rings. The third kappa shape index (κ3) is 3.46. The maximum absolute atomic E-state index is 5.72. The van der Waals surface area contributed by atoms with Gasteiger partial charge in [0.25, 0.3) is 0 Å². The SMILES string of the molecule is CC(c1ccc2c(c1)OCCO2)N(C)c1cc(C2CCNCC2)ncn1. The smallest absolute Gasteiger partial charge is 0.161 e. The first kappa shape index (κ1) is 17.1. The Balaban J connectivity index is 1.54. The van der Waals surface area contributed by atoms with E-state index in [4.69, 9.17) is 9.47 Å². The molecule has 4 rings (SSSR count). The zero-order valence-corrected chi connectivity index (χ0v) is 15.4. The molecule has 1 saturated heterocycles. The van der Waals surface area contributed by atoms with E-state index in [-0.39, 0.29) is 6.04 Å². The predicted octanol–water partition coefficient (Wildman–Crippen LogP) is 2.91. The Kier molecular flexibility index (Phi) is 4.93. The Hall–Kier alpha value is -2.34. The lowest BCUT2D eigenvalue weighted by Crippen LogP contribution is -2.27. The van der Waals surface area contributed by atoms with Crippen LogP contribution < -0.4 is 19.7 Å². The van der Waals surface area contributed by atoms with Crippen LogP contribution in [0.25, 0.3) is 0 Å². The molecular formula is C20H26N4O2. The van der Waals surface area contributed by atoms with Crippen LogP contribution in [-0.2, 0) is 0 Å². The molecule has 138 valence electrons. The van der Waals surface area contributed by atoms with Gasteiger partial charge in [-0.2, -0.15) is 0 Å². The van der Waals surface area contributed by atoms with Crippen LogP contribution in [0.2, 0.25) is 0 Å². The molecule has 0 bridgehead atoms. The molecule has 6 nitrogen and oxygen atoms in total. The van der Waals surface area contributed by atoms with E-state index >= 15 is 0 Å². The lowest BCUT2D eigenvalue weighted by Gasteiger charge is -2.29. The van der Waals surface area contributed by atoms with Crippen LogP contribution in [-0.4, -0.2) is 43.3 Å². The molecule has 1 fully saturated rings. The molecule has 1 aromatic carbocycles. The second-order valence-corrected chi connectivity index (χ2v) is 7.02. The van der Waals surface area contributed by atoms with Crippen molar-refractivity contribution in [3.63, 3.8) is 0 Å². The zero-order valence-electron chi connectivity index (χ0n) is 15.4. The van der Waals surface area contributed by atoms with Gasteiger partial charge in [-0.3, -0.25) is 0 Å². The van der Waals surface area contributed by atoms with Gasteiger partial charge in [0.15, 0.2) is 11.5 Å². The van der Waals surface area contributed by atoms with Crippen molar-refractivity contribution < 1.29 is 9.47 Å². The number of nitrogens with one attached hydrogen (secondary N) is 1. The largest absolute Gasteiger partial charge is 0.486 e. The molecule has 1 atom stereocenters. The first-order valence-electron chi connectivity index (χ1n) is 9.37. The van der Waals surface area contributed by atoms with E-state index < -0.39 is 0 Å². The summed E-state index contributed by atoms with van der Waals surface area (Å²) < 4.78 is 11.3. The van der Waals surface area contributed by atoms with Gasteiger partial charge in [-0.15, -0.1) is 0 Å². The average Bonchev–Trinajstić information content (AvgIpc) is 2.73. The maximum atomic E-state index is 5.72. The molecule has 0 amide bonds. The van der Waals surface area contributed by atoms with E-state index in [1.54, 1.807) is 6.33 Å². The molecule has 0 aliphatic carbocycles. The van der Waals surface area contributed by atoms with Gasteiger partial charge < -0.3 is 19.7 Å². The molecule has 2 aliphatic heterocycles. The summed E-state index contributed by atoms with van der Waals surface area (Å²) in [4.78, 5) is 11.2. The molecule has 2 aromatic rings. The van der Waals surface area contributed by atoms with E-state index in [2.05, 4.69) is 52.4 Å². The standard InChI is InChI=1S/C20H26N4O2/c1-14(16-3-4-18-19(11-16)26-10-9-25-18)24(2)20-12-17(22-13-23-20)15-5-7-21-8-6-15/h3-4,11-15,21H,5-10H2,1-2H3. The van der Waals surface area contributed by atoms with Crippen molar-refractivity contribution in [3.8, 4) is 11.5 Å². The highest BCUT2D eigenvalue weighted by Gasteiger charge is 2.21. The van der Waals surface area contributed by atoms with E-state index in [0.29, 0.717) is 19.1 Å². The summed E-state index contributed by atoms with van der Waals surface area (Å²) in [7, 11) is 2.08. The lowest BCUT2D eigenvalue weighted by molar-refractivity contribution is 0.171. The Morgan fingerprint density at radius 2 is 1.85 bits per heavy atom. The van der Waals surface area contributed by atoms with Crippen molar-refractivity contribution >= 4 is 5.82 Å². The maximum Gasteiger partial charge on any atom is 0.161 e. The Morgan fingerprint density at radius 1 is 1.08 bits per heavy atom. The van der Waals surface area contributed by atoms with E-state index in [1.165, 1.54) is 5.56 Å². The number of nitrogens with zero attached hydrogens (tertiary/aromatic N) is 3. The number of hydrogen-bond acceptors (Lipinski definition) is 6. The van der Waals surface area contributed by atoms with Crippen LogP contribution in [0.4, 0.5) is 5.82 Å². The van der Waals surface area contributed by atoms with Crippen LogP contribution in [0, 0.1) is 0 Å². The van der Waals surface area contributed by atoms with Gasteiger partial charge in [0, 0.05) is 24.7 Å². The van der Waals surface area contributed by atoms with Gasteiger partial charge in [0.2, 0.25) is 0 Å². The summed E-state index contributed by atoms with van der Waals surface area (Å²) in [6.07, 6.45) is 3.97. The number of fused-ring (bicyclic) bond motifs is 1. The summed E-state index contributed by atoms with van der Waals surface area (Å²) in [6, 6.07) is 8.48. The number of hydrogen-bond donors (Lipinski definition) is 1. The lowest BCUT2D eigenvalue weighted by atomic mass is 9.94. The van der Waals surface area contributed by atoms with Crippen LogP contribution >= 0.6 is 0 Å². The molecule has 1 aromatic heterocycles. The van der Waals surface area contributed by atoms with Gasteiger partial charge in [0.1, 0.15) is 25.4 Å². The van der Waals surface area contributed by atoms with Crippen molar-refractivity contribution in [1.82, 2.24) is 15.3 Å². The van der Waals surface area contributed by atoms with Crippen molar-refractivity contribution in [2.24, 2.45) is 0 Å². The molecular weight excluding hydrogens is 328 g/mol. The molecule has 0 saturated carbocycles. The fourth-order valence-electron chi connectivity index (χ4n) is 3.64. The molecule has 3 heterocycles. The predicted molar refractivity (Wildman–Crippen MR) is 101 cm³/mol. The Morgan fingerprint density at radius 3 is 2.65 bits per heavy atom. The molecule has 6 heteroatoms. The molecule has 1 N–H and O–H groups in total.